The zero-order valence-electron chi connectivity index (χ0n) is 11.7. The van der Waals surface area contributed by atoms with Crippen molar-refractivity contribution in [3.05, 3.63) is 34.9 Å². The van der Waals surface area contributed by atoms with E-state index in [0.717, 1.165) is 0 Å². The van der Waals surface area contributed by atoms with E-state index in [4.69, 9.17) is 5.11 Å². The molecule has 0 saturated heterocycles. The molecule has 0 fully saturated rings. The third-order valence-electron chi connectivity index (χ3n) is 3.23. The highest BCUT2D eigenvalue weighted by Crippen LogP contribution is 2.19. The summed E-state index contributed by atoms with van der Waals surface area (Å²) in [5, 5.41) is 12.1. The standard InChI is InChI=1S/C15H23NO2/c1-10-5-6-11(2)14(9-10)13(4)16-12(3)7-8-15(17)18/h5-6,9,12-13,16H,7-8H2,1-4H3,(H,17,18). The van der Waals surface area contributed by atoms with Crippen LogP contribution in [0.25, 0.3) is 0 Å². The SMILES string of the molecule is Cc1ccc(C)c(C(C)NC(C)CCC(=O)O)c1. The first kappa shape index (κ1) is 14.7. The average molecular weight is 249 g/mol. The zero-order valence-corrected chi connectivity index (χ0v) is 11.7. The molecule has 3 heteroatoms. The average Bonchev–Trinajstić information content (AvgIpc) is 2.29. The van der Waals surface area contributed by atoms with Crippen LogP contribution in [0.2, 0.25) is 0 Å². The van der Waals surface area contributed by atoms with Crippen LogP contribution in [-0.2, 0) is 4.79 Å². The summed E-state index contributed by atoms with van der Waals surface area (Å²) in [5.74, 6) is -0.733. The maximum atomic E-state index is 10.5. The van der Waals surface area contributed by atoms with Gasteiger partial charge < -0.3 is 10.4 Å². The van der Waals surface area contributed by atoms with E-state index in [1.54, 1.807) is 0 Å². The molecule has 0 heterocycles. The summed E-state index contributed by atoms with van der Waals surface area (Å²) >= 11 is 0. The highest BCUT2D eigenvalue weighted by molar-refractivity contribution is 5.66. The van der Waals surface area contributed by atoms with Crippen molar-refractivity contribution >= 4 is 5.97 Å². The summed E-state index contributed by atoms with van der Waals surface area (Å²) in [4.78, 5) is 10.5. The number of carboxylic acid groups (broad SMARTS) is 1. The van der Waals surface area contributed by atoms with Crippen LogP contribution in [0.15, 0.2) is 18.2 Å². The summed E-state index contributed by atoms with van der Waals surface area (Å²) < 4.78 is 0. The Labute approximate surface area is 109 Å². The minimum Gasteiger partial charge on any atom is -0.481 e. The third kappa shape index (κ3) is 4.49. The van der Waals surface area contributed by atoms with Gasteiger partial charge >= 0.3 is 5.97 Å². The molecule has 3 nitrogen and oxygen atoms in total. The number of carbonyl (C=O) groups is 1. The molecular weight excluding hydrogens is 226 g/mol. The van der Waals surface area contributed by atoms with Gasteiger partial charge in [0.25, 0.3) is 0 Å². The molecule has 0 aliphatic rings. The van der Waals surface area contributed by atoms with Crippen LogP contribution in [0.1, 0.15) is 49.4 Å². The van der Waals surface area contributed by atoms with E-state index in [2.05, 4.69) is 44.3 Å². The molecule has 2 N–H and O–H groups in total. The number of hydrogen-bond acceptors (Lipinski definition) is 2. The molecule has 0 bridgehead atoms. The smallest absolute Gasteiger partial charge is 0.303 e. The summed E-state index contributed by atoms with van der Waals surface area (Å²) in [6, 6.07) is 6.88. The van der Waals surface area contributed by atoms with Gasteiger partial charge in [0.15, 0.2) is 0 Å². The van der Waals surface area contributed by atoms with Crippen molar-refractivity contribution in [1.29, 1.82) is 0 Å². The van der Waals surface area contributed by atoms with Crippen molar-refractivity contribution in [3.8, 4) is 0 Å². The van der Waals surface area contributed by atoms with Gasteiger partial charge in [0.1, 0.15) is 0 Å². The Morgan fingerprint density at radius 2 is 2.00 bits per heavy atom. The van der Waals surface area contributed by atoms with E-state index in [1.807, 2.05) is 6.92 Å². The lowest BCUT2D eigenvalue weighted by Crippen LogP contribution is -2.29. The van der Waals surface area contributed by atoms with Gasteiger partial charge in [-0.25, -0.2) is 0 Å². The lowest BCUT2D eigenvalue weighted by atomic mass is 9.99. The molecule has 0 amide bonds. The van der Waals surface area contributed by atoms with Gasteiger partial charge in [0.05, 0.1) is 0 Å². The van der Waals surface area contributed by atoms with E-state index in [-0.39, 0.29) is 18.5 Å². The quantitative estimate of drug-likeness (QED) is 0.814. The molecule has 0 aliphatic carbocycles. The van der Waals surface area contributed by atoms with Crippen LogP contribution in [-0.4, -0.2) is 17.1 Å². The summed E-state index contributed by atoms with van der Waals surface area (Å²) in [5.41, 5.74) is 3.81. The maximum absolute atomic E-state index is 10.5. The Balaban J connectivity index is 2.61. The van der Waals surface area contributed by atoms with Gasteiger partial charge in [-0.1, -0.05) is 23.8 Å². The Hall–Kier alpha value is -1.35. The molecule has 100 valence electrons. The van der Waals surface area contributed by atoms with Crippen LogP contribution < -0.4 is 5.32 Å². The second-order valence-electron chi connectivity index (χ2n) is 5.08. The summed E-state index contributed by atoms with van der Waals surface area (Å²) in [6.07, 6.45) is 0.873. The highest BCUT2D eigenvalue weighted by Gasteiger charge is 2.12. The topological polar surface area (TPSA) is 49.3 Å². The Morgan fingerprint density at radius 3 is 2.61 bits per heavy atom. The van der Waals surface area contributed by atoms with Crippen LogP contribution in [0.3, 0.4) is 0 Å². The predicted octanol–water partition coefficient (Wildman–Crippen LogP) is 3.21. The van der Waals surface area contributed by atoms with Gasteiger partial charge in [0, 0.05) is 18.5 Å². The Kier molecular flexibility index (Phi) is 5.35. The van der Waals surface area contributed by atoms with Crippen molar-refractivity contribution in [1.82, 2.24) is 5.32 Å². The molecule has 2 atom stereocenters. The fourth-order valence-corrected chi connectivity index (χ4v) is 2.17. The fourth-order valence-electron chi connectivity index (χ4n) is 2.17. The minimum absolute atomic E-state index is 0.205. The molecule has 2 unspecified atom stereocenters. The van der Waals surface area contributed by atoms with Gasteiger partial charge in [-0.15, -0.1) is 0 Å². The van der Waals surface area contributed by atoms with Crippen LogP contribution in [0.5, 0.6) is 0 Å². The van der Waals surface area contributed by atoms with Crippen LogP contribution in [0, 0.1) is 13.8 Å². The van der Waals surface area contributed by atoms with E-state index < -0.39 is 5.97 Å². The van der Waals surface area contributed by atoms with Gasteiger partial charge in [-0.2, -0.15) is 0 Å². The first-order valence-corrected chi connectivity index (χ1v) is 6.45. The molecule has 0 aromatic heterocycles. The third-order valence-corrected chi connectivity index (χ3v) is 3.23. The van der Waals surface area contributed by atoms with Crippen molar-refractivity contribution < 1.29 is 9.90 Å². The van der Waals surface area contributed by atoms with Crippen LogP contribution >= 0.6 is 0 Å². The molecule has 0 radical (unpaired) electrons. The second-order valence-corrected chi connectivity index (χ2v) is 5.08. The molecule has 1 rings (SSSR count). The first-order valence-electron chi connectivity index (χ1n) is 6.45. The van der Waals surface area contributed by atoms with E-state index >= 15 is 0 Å². The molecule has 18 heavy (non-hydrogen) atoms. The minimum atomic E-state index is -0.733. The number of aryl methyl sites for hydroxylation is 2. The van der Waals surface area contributed by atoms with Crippen LogP contribution in [0.4, 0.5) is 0 Å². The van der Waals surface area contributed by atoms with Gasteiger partial charge in [-0.3, -0.25) is 4.79 Å². The normalized spacial score (nSPS) is 14.2. The number of benzene rings is 1. The van der Waals surface area contributed by atoms with E-state index in [9.17, 15) is 4.79 Å². The number of carboxylic acids is 1. The van der Waals surface area contributed by atoms with E-state index in [1.165, 1.54) is 16.7 Å². The molecule has 0 saturated carbocycles. The lowest BCUT2D eigenvalue weighted by Gasteiger charge is -2.21. The molecule has 1 aromatic rings. The molecule has 0 spiro atoms. The monoisotopic (exact) mass is 249 g/mol. The van der Waals surface area contributed by atoms with Crippen molar-refractivity contribution in [2.45, 2.75) is 52.6 Å². The molecular formula is C15H23NO2. The fraction of sp³-hybridized carbons (Fsp3) is 0.533. The van der Waals surface area contributed by atoms with Crippen molar-refractivity contribution in [2.24, 2.45) is 0 Å². The summed E-state index contributed by atoms with van der Waals surface area (Å²) in [6.45, 7) is 8.35. The lowest BCUT2D eigenvalue weighted by molar-refractivity contribution is -0.137. The number of aliphatic carboxylic acids is 1. The Bertz CT molecular complexity index is 415. The molecule has 1 aromatic carbocycles. The first-order chi connectivity index (χ1) is 8.40. The van der Waals surface area contributed by atoms with Gasteiger partial charge in [-0.05, 0) is 45.2 Å². The van der Waals surface area contributed by atoms with Crippen molar-refractivity contribution in [2.75, 3.05) is 0 Å². The Morgan fingerprint density at radius 1 is 1.33 bits per heavy atom. The second kappa shape index (κ2) is 6.55. The predicted molar refractivity (Wildman–Crippen MR) is 73.8 cm³/mol. The molecule has 0 aliphatic heterocycles. The number of nitrogens with one attached hydrogen (secondary N) is 1. The van der Waals surface area contributed by atoms with E-state index in [0.29, 0.717) is 6.42 Å². The largest absolute Gasteiger partial charge is 0.481 e. The summed E-state index contributed by atoms with van der Waals surface area (Å²) in [7, 11) is 0. The maximum Gasteiger partial charge on any atom is 0.303 e. The zero-order chi connectivity index (χ0) is 13.7. The number of rotatable bonds is 6. The van der Waals surface area contributed by atoms with Gasteiger partial charge in [0.2, 0.25) is 0 Å². The number of hydrogen-bond donors (Lipinski definition) is 2. The van der Waals surface area contributed by atoms with Crippen molar-refractivity contribution in [3.63, 3.8) is 0 Å². The highest BCUT2D eigenvalue weighted by atomic mass is 16.4.